The van der Waals surface area contributed by atoms with Crippen LogP contribution in [0.5, 0.6) is 5.75 Å². The minimum Gasteiger partial charge on any atom is -0.435 e. The summed E-state index contributed by atoms with van der Waals surface area (Å²) in [5.41, 5.74) is 1.96. The van der Waals surface area contributed by atoms with E-state index in [9.17, 15) is 13.6 Å². The number of aryl methyl sites for hydroxylation is 1. The first-order valence-electron chi connectivity index (χ1n) is 7.58. The largest absolute Gasteiger partial charge is 0.435 e. The highest BCUT2D eigenvalue weighted by molar-refractivity contribution is 6.30. The zero-order chi connectivity index (χ0) is 17.4. The van der Waals surface area contributed by atoms with Crippen LogP contribution in [0.25, 0.3) is 0 Å². The van der Waals surface area contributed by atoms with Crippen molar-refractivity contribution < 1.29 is 18.3 Å². The number of nitrogens with one attached hydrogen (secondary N) is 1. The van der Waals surface area contributed by atoms with Crippen LogP contribution in [0.3, 0.4) is 0 Å². The lowest BCUT2D eigenvalue weighted by atomic mass is 10.1. The normalized spacial score (nSPS) is 10.7. The van der Waals surface area contributed by atoms with E-state index in [4.69, 9.17) is 11.6 Å². The van der Waals surface area contributed by atoms with Gasteiger partial charge in [-0.25, -0.2) is 0 Å². The Balaban J connectivity index is 1.69. The standard InChI is InChI=1S/C18H18ClF2NO2/c19-15-3-1-2-14(12-15)10-11-22-17(23)9-6-13-4-7-16(8-5-13)24-18(20)21/h1-5,7-8,12,18H,6,9-11H2,(H,22,23). The van der Waals surface area contributed by atoms with Crippen molar-refractivity contribution in [3.8, 4) is 5.75 Å². The molecule has 128 valence electrons. The Hall–Kier alpha value is -2.14. The third kappa shape index (κ3) is 6.54. The molecule has 1 amide bonds. The maximum Gasteiger partial charge on any atom is 0.387 e. The van der Waals surface area contributed by atoms with Crippen molar-refractivity contribution in [3.63, 3.8) is 0 Å². The predicted molar refractivity (Wildman–Crippen MR) is 89.6 cm³/mol. The zero-order valence-electron chi connectivity index (χ0n) is 13.0. The average molecular weight is 354 g/mol. The second-order valence-corrected chi connectivity index (χ2v) is 5.69. The quantitative estimate of drug-likeness (QED) is 0.771. The molecular weight excluding hydrogens is 336 g/mol. The Labute approximate surface area is 144 Å². The van der Waals surface area contributed by atoms with Gasteiger partial charge in [0.25, 0.3) is 0 Å². The number of hydrogen-bond donors (Lipinski definition) is 1. The van der Waals surface area contributed by atoms with Crippen molar-refractivity contribution in [1.29, 1.82) is 0 Å². The number of carbonyl (C=O) groups excluding carboxylic acids is 1. The highest BCUT2D eigenvalue weighted by Gasteiger charge is 2.05. The molecule has 2 aromatic rings. The first-order valence-corrected chi connectivity index (χ1v) is 7.95. The second-order valence-electron chi connectivity index (χ2n) is 5.25. The van der Waals surface area contributed by atoms with E-state index in [0.717, 1.165) is 11.1 Å². The van der Waals surface area contributed by atoms with Crippen LogP contribution in [0.1, 0.15) is 17.5 Å². The van der Waals surface area contributed by atoms with Gasteiger partial charge in [-0.2, -0.15) is 8.78 Å². The molecule has 0 bridgehead atoms. The predicted octanol–water partition coefficient (Wildman–Crippen LogP) is 4.23. The van der Waals surface area contributed by atoms with Crippen LogP contribution < -0.4 is 10.1 Å². The van der Waals surface area contributed by atoms with E-state index in [0.29, 0.717) is 30.8 Å². The molecule has 0 aliphatic rings. The van der Waals surface area contributed by atoms with Crippen molar-refractivity contribution in [3.05, 3.63) is 64.7 Å². The summed E-state index contributed by atoms with van der Waals surface area (Å²) in [5.74, 6) is 0.0599. The van der Waals surface area contributed by atoms with Crippen molar-refractivity contribution in [2.75, 3.05) is 6.54 Å². The first kappa shape index (κ1) is 18.2. The Morgan fingerprint density at radius 2 is 1.83 bits per heavy atom. The number of halogens is 3. The molecule has 0 saturated carbocycles. The van der Waals surface area contributed by atoms with Gasteiger partial charge in [0.15, 0.2) is 0 Å². The Bertz CT molecular complexity index is 662. The summed E-state index contributed by atoms with van der Waals surface area (Å²) < 4.78 is 28.4. The fraction of sp³-hybridized carbons (Fsp3) is 0.278. The van der Waals surface area contributed by atoms with E-state index in [1.54, 1.807) is 18.2 Å². The summed E-state index contributed by atoms with van der Waals surface area (Å²) in [6, 6.07) is 13.8. The lowest BCUT2D eigenvalue weighted by Crippen LogP contribution is -2.25. The van der Waals surface area contributed by atoms with E-state index in [2.05, 4.69) is 10.1 Å². The number of ether oxygens (including phenoxy) is 1. The van der Waals surface area contributed by atoms with Gasteiger partial charge in [-0.05, 0) is 48.2 Å². The minimum absolute atomic E-state index is 0.0510. The van der Waals surface area contributed by atoms with Crippen molar-refractivity contribution in [1.82, 2.24) is 5.32 Å². The highest BCUT2D eigenvalue weighted by Crippen LogP contribution is 2.15. The molecule has 0 saturated heterocycles. The molecule has 24 heavy (non-hydrogen) atoms. The maximum atomic E-state index is 12.1. The smallest absolute Gasteiger partial charge is 0.387 e. The average Bonchev–Trinajstić information content (AvgIpc) is 2.54. The molecule has 0 aliphatic heterocycles. The minimum atomic E-state index is -2.83. The Morgan fingerprint density at radius 3 is 2.50 bits per heavy atom. The lowest BCUT2D eigenvalue weighted by Gasteiger charge is -2.07. The highest BCUT2D eigenvalue weighted by atomic mass is 35.5. The van der Waals surface area contributed by atoms with Crippen LogP contribution in [0.2, 0.25) is 5.02 Å². The van der Waals surface area contributed by atoms with Gasteiger partial charge in [0.2, 0.25) is 5.91 Å². The summed E-state index contributed by atoms with van der Waals surface area (Å²) in [6.07, 6.45) is 1.59. The van der Waals surface area contributed by atoms with E-state index < -0.39 is 6.61 Å². The molecule has 0 radical (unpaired) electrons. The topological polar surface area (TPSA) is 38.3 Å². The van der Waals surface area contributed by atoms with Gasteiger partial charge >= 0.3 is 6.61 Å². The van der Waals surface area contributed by atoms with Gasteiger partial charge in [-0.1, -0.05) is 35.9 Å². The van der Waals surface area contributed by atoms with Crippen LogP contribution in [-0.4, -0.2) is 19.1 Å². The van der Waals surface area contributed by atoms with Crippen molar-refractivity contribution >= 4 is 17.5 Å². The molecule has 0 unspecified atom stereocenters. The summed E-state index contributed by atoms with van der Waals surface area (Å²) in [4.78, 5) is 11.8. The molecule has 6 heteroatoms. The summed E-state index contributed by atoms with van der Waals surface area (Å²) >= 11 is 5.90. The molecule has 0 fully saturated rings. The molecule has 0 aromatic heterocycles. The number of rotatable bonds is 8. The molecule has 0 atom stereocenters. The molecule has 0 spiro atoms. The molecule has 2 rings (SSSR count). The third-order valence-electron chi connectivity index (χ3n) is 3.41. The molecule has 2 aromatic carbocycles. The third-order valence-corrected chi connectivity index (χ3v) is 3.65. The van der Waals surface area contributed by atoms with Crippen molar-refractivity contribution in [2.45, 2.75) is 25.9 Å². The number of benzene rings is 2. The van der Waals surface area contributed by atoms with E-state index in [1.165, 1.54) is 12.1 Å². The SMILES string of the molecule is O=C(CCc1ccc(OC(F)F)cc1)NCCc1cccc(Cl)c1. The molecule has 0 heterocycles. The molecular formula is C18H18ClF2NO2. The number of carbonyl (C=O) groups is 1. The number of hydrogen-bond acceptors (Lipinski definition) is 2. The van der Waals surface area contributed by atoms with Gasteiger partial charge in [0.05, 0.1) is 0 Å². The summed E-state index contributed by atoms with van der Waals surface area (Å²) in [6.45, 7) is -2.29. The van der Waals surface area contributed by atoms with Gasteiger partial charge in [0.1, 0.15) is 5.75 Å². The van der Waals surface area contributed by atoms with Crippen molar-refractivity contribution in [2.24, 2.45) is 0 Å². The number of alkyl halides is 2. The summed E-state index contributed by atoms with van der Waals surface area (Å²) in [5, 5.41) is 3.53. The van der Waals surface area contributed by atoms with Gasteiger partial charge in [0, 0.05) is 18.0 Å². The Kier molecular flexibility index (Phi) is 7.00. The van der Waals surface area contributed by atoms with Gasteiger partial charge < -0.3 is 10.1 Å². The van der Waals surface area contributed by atoms with Crippen LogP contribution in [-0.2, 0) is 17.6 Å². The Morgan fingerprint density at radius 1 is 1.08 bits per heavy atom. The van der Waals surface area contributed by atoms with Crippen LogP contribution in [0.15, 0.2) is 48.5 Å². The van der Waals surface area contributed by atoms with E-state index in [-0.39, 0.29) is 11.7 Å². The fourth-order valence-corrected chi connectivity index (χ4v) is 2.44. The molecule has 0 aliphatic carbocycles. The maximum absolute atomic E-state index is 12.1. The number of amides is 1. The van der Waals surface area contributed by atoms with Crippen LogP contribution in [0.4, 0.5) is 8.78 Å². The van der Waals surface area contributed by atoms with E-state index >= 15 is 0 Å². The van der Waals surface area contributed by atoms with Crippen LogP contribution >= 0.6 is 11.6 Å². The molecule has 1 N–H and O–H groups in total. The first-order chi connectivity index (χ1) is 11.5. The lowest BCUT2D eigenvalue weighted by molar-refractivity contribution is -0.121. The molecule has 3 nitrogen and oxygen atoms in total. The van der Waals surface area contributed by atoms with Gasteiger partial charge in [-0.3, -0.25) is 4.79 Å². The summed E-state index contributed by atoms with van der Waals surface area (Å²) in [7, 11) is 0. The van der Waals surface area contributed by atoms with Crippen LogP contribution in [0, 0.1) is 0 Å². The van der Waals surface area contributed by atoms with Gasteiger partial charge in [-0.15, -0.1) is 0 Å². The van der Waals surface area contributed by atoms with E-state index in [1.807, 2.05) is 18.2 Å². The zero-order valence-corrected chi connectivity index (χ0v) is 13.7. The second kappa shape index (κ2) is 9.23. The monoisotopic (exact) mass is 353 g/mol. The fourth-order valence-electron chi connectivity index (χ4n) is 2.22.